The van der Waals surface area contributed by atoms with Gasteiger partial charge in [0.2, 0.25) is 0 Å². The van der Waals surface area contributed by atoms with Crippen LogP contribution < -0.4 is 19.3 Å². The number of hydrogen-bond donors (Lipinski definition) is 0. The Morgan fingerprint density at radius 3 is 2.45 bits per heavy atom. The third kappa shape index (κ3) is 4.40. The van der Waals surface area contributed by atoms with Crippen molar-refractivity contribution in [1.29, 1.82) is 0 Å². The summed E-state index contributed by atoms with van der Waals surface area (Å²) in [6.45, 7) is 3.83. The van der Waals surface area contributed by atoms with Crippen molar-refractivity contribution in [3.63, 3.8) is 0 Å². The minimum atomic E-state index is -0.980. The fraction of sp³-hybridized carbons (Fsp3) is 0.375. The van der Waals surface area contributed by atoms with Gasteiger partial charge in [-0.25, -0.2) is 13.6 Å². The summed E-state index contributed by atoms with van der Waals surface area (Å²) in [7, 11) is 2.52. The van der Waals surface area contributed by atoms with E-state index in [0.29, 0.717) is 35.8 Å². The van der Waals surface area contributed by atoms with Crippen molar-refractivity contribution < 1.29 is 27.8 Å². The maximum atomic E-state index is 15.2. The van der Waals surface area contributed by atoms with Crippen molar-refractivity contribution in [2.45, 2.75) is 32.2 Å². The number of carbonyl (C=O) groups excluding carboxylic acids is 2. The molecule has 1 aliphatic heterocycles. The van der Waals surface area contributed by atoms with Crippen LogP contribution in [0.15, 0.2) is 31.0 Å². The number of halogens is 2. The zero-order valence-corrected chi connectivity index (χ0v) is 18.6. The van der Waals surface area contributed by atoms with Crippen molar-refractivity contribution in [3.8, 4) is 11.5 Å². The molecule has 4 rings (SSSR count). The summed E-state index contributed by atoms with van der Waals surface area (Å²) in [5, 5.41) is 0. The Labute approximate surface area is 190 Å². The molecule has 0 atom stereocenters. The second-order valence-electron chi connectivity index (χ2n) is 8.16. The maximum Gasteiger partial charge on any atom is 0.329 e. The molecule has 2 aliphatic rings. The van der Waals surface area contributed by atoms with Crippen LogP contribution in [-0.2, 0) is 17.8 Å². The van der Waals surface area contributed by atoms with Gasteiger partial charge in [0.25, 0.3) is 0 Å². The van der Waals surface area contributed by atoms with Crippen LogP contribution in [0.25, 0.3) is 0 Å². The number of anilines is 2. The third-order valence-corrected chi connectivity index (χ3v) is 5.91. The summed E-state index contributed by atoms with van der Waals surface area (Å²) in [4.78, 5) is 32.1. The molecule has 0 unspecified atom stereocenters. The molecule has 2 amide bonds. The van der Waals surface area contributed by atoms with E-state index < -0.39 is 23.4 Å². The van der Waals surface area contributed by atoms with Crippen molar-refractivity contribution >= 4 is 23.2 Å². The number of carbonyl (C=O) groups is 2. The molecule has 1 aliphatic carbocycles. The highest BCUT2D eigenvalue weighted by atomic mass is 19.1. The van der Waals surface area contributed by atoms with Crippen molar-refractivity contribution in [1.82, 2.24) is 4.98 Å². The maximum absolute atomic E-state index is 15.2. The monoisotopic (exact) mass is 457 g/mol. The third-order valence-electron chi connectivity index (χ3n) is 5.91. The van der Waals surface area contributed by atoms with Crippen LogP contribution in [0.3, 0.4) is 0 Å². The van der Waals surface area contributed by atoms with Gasteiger partial charge in [-0.2, -0.15) is 0 Å². The van der Waals surface area contributed by atoms with Gasteiger partial charge in [0.1, 0.15) is 5.69 Å². The zero-order chi connectivity index (χ0) is 23.7. The van der Waals surface area contributed by atoms with E-state index in [1.807, 2.05) is 0 Å². The predicted octanol–water partition coefficient (Wildman–Crippen LogP) is 4.42. The Balaban J connectivity index is 1.75. The van der Waals surface area contributed by atoms with E-state index in [2.05, 4.69) is 11.6 Å². The van der Waals surface area contributed by atoms with E-state index >= 15 is 8.78 Å². The van der Waals surface area contributed by atoms with E-state index in [1.165, 1.54) is 20.3 Å². The molecule has 1 aromatic carbocycles. The second-order valence-corrected chi connectivity index (χ2v) is 8.16. The summed E-state index contributed by atoms with van der Waals surface area (Å²) in [5.74, 6) is -2.18. The summed E-state index contributed by atoms with van der Waals surface area (Å²) >= 11 is 0. The van der Waals surface area contributed by atoms with Gasteiger partial charge in [-0.1, -0.05) is 6.58 Å². The quantitative estimate of drug-likeness (QED) is 0.522. The standard InChI is InChI=1S/C24H25F2N3O4/c1-4-17(30)8-7-16-9-18-15(11-27-16)13-29(24(31)28(18)12-14-5-6-14)23-21(25)19(32-2)10-20(33-3)22(23)26/h4,9-11,14H,1,5-8,12-13H2,2-3H3. The summed E-state index contributed by atoms with van der Waals surface area (Å²) < 4.78 is 40.4. The van der Waals surface area contributed by atoms with Crippen LogP contribution in [0.2, 0.25) is 0 Å². The molecular formula is C24H25F2N3O4. The number of nitrogens with zero attached hydrogens (tertiary/aromatic N) is 3. The van der Waals surface area contributed by atoms with Gasteiger partial charge in [-0.15, -0.1) is 0 Å². The van der Waals surface area contributed by atoms with Crippen molar-refractivity contribution in [2.24, 2.45) is 5.92 Å². The number of ketones is 1. The number of hydrogen-bond acceptors (Lipinski definition) is 5. The number of pyridine rings is 1. The van der Waals surface area contributed by atoms with E-state index in [-0.39, 0.29) is 30.2 Å². The van der Waals surface area contributed by atoms with Crippen molar-refractivity contribution in [2.75, 3.05) is 30.6 Å². The molecule has 174 valence electrons. The zero-order valence-electron chi connectivity index (χ0n) is 18.6. The number of urea groups is 1. The van der Waals surface area contributed by atoms with E-state index in [9.17, 15) is 9.59 Å². The molecule has 0 N–H and O–H groups in total. The summed E-state index contributed by atoms with van der Waals surface area (Å²) in [5.41, 5.74) is 1.43. The van der Waals surface area contributed by atoms with Gasteiger partial charge < -0.3 is 9.47 Å². The predicted molar refractivity (Wildman–Crippen MR) is 119 cm³/mol. The van der Waals surface area contributed by atoms with E-state index in [4.69, 9.17) is 9.47 Å². The number of benzene rings is 1. The summed E-state index contributed by atoms with van der Waals surface area (Å²) in [6.07, 6.45) is 5.50. The Hall–Kier alpha value is -3.49. The fourth-order valence-electron chi connectivity index (χ4n) is 3.88. The lowest BCUT2D eigenvalue weighted by Gasteiger charge is -2.37. The smallest absolute Gasteiger partial charge is 0.329 e. The average Bonchev–Trinajstić information content (AvgIpc) is 3.64. The minimum absolute atomic E-state index is 0.0711. The first kappa shape index (κ1) is 22.7. The van der Waals surface area contributed by atoms with Gasteiger partial charge in [-0.05, 0) is 37.3 Å². The normalized spacial score (nSPS) is 15.3. The van der Waals surface area contributed by atoms with E-state index in [1.54, 1.807) is 17.2 Å². The number of fused-ring (bicyclic) bond motifs is 1. The number of aromatic nitrogens is 1. The van der Waals surface area contributed by atoms with Gasteiger partial charge in [0.15, 0.2) is 28.9 Å². The highest BCUT2D eigenvalue weighted by molar-refractivity contribution is 6.06. The van der Waals surface area contributed by atoms with E-state index in [0.717, 1.165) is 23.8 Å². The Morgan fingerprint density at radius 1 is 1.21 bits per heavy atom. The van der Waals surface area contributed by atoms with Gasteiger partial charge in [-0.3, -0.25) is 19.6 Å². The number of rotatable bonds is 9. The molecule has 2 aromatic rings. The molecule has 1 saturated carbocycles. The first-order valence-corrected chi connectivity index (χ1v) is 10.7. The molecule has 0 spiro atoms. The first-order chi connectivity index (χ1) is 15.9. The molecular weight excluding hydrogens is 432 g/mol. The largest absolute Gasteiger partial charge is 0.493 e. The molecule has 0 bridgehead atoms. The Bertz CT molecular complexity index is 1090. The molecule has 9 heteroatoms. The highest BCUT2D eigenvalue weighted by Crippen LogP contribution is 2.42. The number of amides is 2. The highest BCUT2D eigenvalue weighted by Gasteiger charge is 2.39. The lowest BCUT2D eigenvalue weighted by atomic mass is 10.1. The van der Waals surface area contributed by atoms with Crippen molar-refractivity contribution in [3.05, 3.63) is 53.9 Å². The molecule has 0 saturated heterocycles. The molecule has 1 fully saturated rings. The van der Waals surface area contributed by atoms with Crippen LogP contribution in [0.1, 0.15) is 30.5 Å². The molecule has 0 radical (unpaired) electrons. The molecule has 2 heterocycles. The SMILES string of the molecule is C=CC(=O)CCc1cc2c(cn1)CN(c1c(F)c(OC)cc(OC)c1F)C(=O)N2CC1CC1. The van der Waals surface area contributed by atoms with Crippen LogP contribution in [0.5, 0.6) is 11.5 Å². The second kappa shape index (κ2) is 9.17. The Kier molecular flexibility index (Phi) is 6.31. The lowest BCUT2D eigenvalue weighted by Crippen LogP contribution is -2.49. The fourth-order valence-corrected chi connectivity index (χ4v) is 3.88. The number of aryl methyl sites for hydroxylation is 1. The number of methoxy groups -OCH3 is 2. The first-order valence-electron chi connectivity index (χ1n) is 10.7. The van der Waals surface area contributed by atoms with Crippen LogP contribution in [-0.4, -0.2) is 37.6 Å². The molecule has 7 nitrogen and oxygen atoms in total. The van der Waals surface area contributed by atoms with Gasteiger partial charge in [0, 0.05) is 36.5 Å². The van der Waals surface area contributed by atoms with Crippen LogP contribution in [0, 0.1) is 17.6 Å². The molecule has 1 aromatic heterocycles. The summed E-state index contributed by atoms with van der Waals surface area (Å²) in [6, 6.07) is 2.35. The van der Waals surface area contributed by atoms with Gasteiger partial charge in [0.05, 0.1) is 26.5 Å². The Morgan fingerprint density at radius 2 is 1.88 bits per heavy atom. The minimum Gasteiger partial charge on any atom is -0.493 e. The van der Waals surface area contributed by atoms with Crippen LogP contribution >= 0.6 is 0 Å². The number of ether oxygens (including phenoxy) is 2. The lowest BCUT2D eigenvalue weighted by molar-refractivity contribution is -0.114. The molecule has 33 heavy (non-hydrogen) atoms. The van der Waals surface area contributed by atoms with Crippen LogP contribution in [0.4, 0.5) is 25.0 Å². The topological polar surface area (TPSA) is 72.0 Å². The average molecular weight is 457 g/mol. The van der Waals surface area contributed by atoms with Gasteiger partial charge >= 0.3 is 6.03 Å². The number of allylic oxidation sites excluding steroid dienone is 1.